The largest absolute Gasteiger partial charge is 0.272 e. The van der Waals surface area contributed by atoms with Crippen LogP contribution in [0.2, 0.25) is 0 Å². The van der Waals surface area contributed by atoms with Crippen molar-refractivity contribution >= 4 is 12.4 Å². The SMILES string of the molecule is Cc1ccccc1C1N=CC=[N+]1C. The highest BCUT2D eigenvalue weighted by Gasteiger charge is 2.22. The Kier molecular flexibility index (Phi) is 1.97. The molecule has 0 fully saturated rings. The van der Waals surface area contributed by atoms with Gasteiger partial charge >= 0.3 is 0 Å². The second-order valence-corrected chi connectivity index (χ2v) is 3.34. The van der Waals surface area contributed by atoms with Crippen molar-refractivity contribution in [3.05, 3.63) is 35.4 Å². The van der Waals surface area contributed by atoms with E-state index in [1.807, 2.05) is 19.5 Å². The van der Waals surface area contributed by atoms with Gasteiger partial charge in [0.2, 0.25) is 0 Å². The van der Waals surface area contributed by atoms with Crippen LogP contribution in [0.1, 0.15) is 17.3 Å². The zero-order valence-electron chi connectivity index (χ0n) is 7.94. The summed E-state index contributed by atoms with van der Waals surface area (Å²) >= 11 is 0. The monoisotopic (exact) mass is 173 g/mol. The molecule has 2 heteroatoms. The second kappa shape index (κ2) is 3.13. The van der Waals surface area contributed by atoms with E-state index < -0.39 is 0 Å². The van der Waals surface area contributed by atoms with E-state index in [-0.39, 0.29) is 6.17 Å². The third-order valence-electron chi connectivity index (χ3n) is 2.38. The van der Waals surface area contributed by atoms with Crippen LogP contribution in [0.3, 0.4) is 0 Å². The number of aryl methyl sites for hydroxylation is 1. The average Bonchev–Trinajstić information content (AvgIpc) is 2.52. The van der Waals surface area contributed by atoms with Gasteiger partial charge in [0.15, 0.2) is 6.21 Å². The number of nitrogens with zero attached hydrogens (tertiary/aromatic N) is 2. The molecule has 1 aliphatic heterocycles. The normalized spacial score (nSPS) is 20.5. The van der Waals surface area contributed by atoms with Crippen molar-refractivity contribution in [2.75, 3.05) is 7.05 Å². The molecule has 0 spiro atoms. The molecule has 0 N–H and O–H groups in total. The van der Waals surface area contributed by atoms with E-state index in [2.05, 4.69) is 40.8 Å². The summed E-state index contributed by atoms with van der Waals surface area (Å²) in [7, 11) is 2.05. The van der Waals surface area contributed by atoms with Crippen LogP contribution in [0.5, 0.6) is 0 Å². The van der Waals surface area contributed by atoms with E-state index in [1.165, 1.54) is 11.1 Å². The molecule has 2 nitrogen and oxygen atoms in total. The van der Waals surface area contributed by atoms with Crippen molar-refractivity contribution in [2.45, 2.75) is 13.1 Å². The minimum absolute atomic E-state index is 0.182. The van der Waals surface area contributed by atoms with Gasteiger partial charge in [0.1, 0.15) is 7.05 Å². The van der Waals surface area contributed by atoms with Crippen LogP contribution in [0.4, 0.5) is 0 Å². The molecule has 0 bridgehead atoms. The molecule has 66 valence electrons. The lowest BCUT2D eigenvalue weighted by Gasteiger charge is -2.07. The smallest absolute Gasteiger partial charge is 0.215 e. The average molecular weight is 173 g/mol. The first-order valence-corrected chi connectivity index (χ1v) is 4.43. The van der Waals surface area contributed by atoms with Crippen LogP contribution in [0, 0.1) is 6.92 Å². The molecule has 2 rings (SSSR count). The first-order chi connectivity index (χ1) is 6.29. The molecule has 13 heavy (non-hydrogen) atoms. The van der Waals surface area contributed by atoms with Gasteiger partial charge in [-0.1, -0.05) is 18.2 Å². The minimum atomic E-state index is 0.182. The molecule has 0 aliphatic carbocycles. The van der Waals surface area contributed by atoms with Gasteiger partial charge in [0.25, 0.3) is 6.17 Å². The second-order valence-electron chi connectivity index (χ2n) is 3.34. The highest BCUT2D eigenvalue weighted by Crippen LogP contribution is 2.22. The summed E-state index contributed by atoms with van der Waals surface area (Å²) in [6.07, 6.45) is 4.04. The van der Waals surface area contributed by atoms with Crippen LogP contribution in [-0.2, 0) is 0 Å². The lowest BCUT2D eigenvalue weighted by molar-refractivity contribution is -0.533. The standard InChI is InChI=1S/C11H13N2/c1-9-5-3-4-6-10(9)11-12-7-8-13(11)2/h3-8,11H,1-2H3/q+1. The fourth-order valence-electron chi connectivity index (χ4n) is 1.59. The van der Waals surface area contributed by atoms with Crippen molar-refractivity contribution < 1.29 is 4.58 Å². The summed E-state index contributed by atoms with van der Waals surface area (Å²) in [5.41, 5.74) is 2.59. The number of rotatable bonds is 1. The molecule has 1 atom stereocenters. The van der Waals surface area contributed by atoms with Crippen molar-refractivity contribution in [3.63, 3.8) is 0 Å². The van der Waals surface area contributed by atoms with Crippen LogP contribution in [0.25, 0.3) is 0 Å². The Morgan fingerprint density at radius 3 is 2.69 bits per heavy atom. The number of benzene rings is 1. The van der Waals surface area contributed by atoms with Crippen LogP contribution in [-0.4, -0.2) is 24.1 Å². The van der Waals surface area contributed by atoms with E-state index >= 15 is 0 Å². The Morgan fingerprint density at radius 1 is 1.31 bits per heavy atom. The Labute approximate surface area is 78.3 Å². The van der Waals surface area contributed by atoms with Crippen LogP contribution >= 0.6 is 0 Å². The molecular weight excluding hydrogens is 160 g/mol. The molecule has 0 saturated carbocycles. The molecule has 1 aromatic rings. The third kappa shape index (κ3) is 1.39. The van der Waals surface area contributed by atoms with Gasteiger partial charge in [-0.15, -0.1) is 0 Å². The summed E-state index contributed by atoms with van der Waals surface area (Å²) in [4.78, 5) is 4.39. The fourth-order valence-corrected chi connectivity index (χ4v) is 1.59. The van der Waals surface area contributed by atoms with E-state index in [9.17, 15) is 0 Å². The Morgan fingerprint density at radius 2 is 2.08 bits per heavy atom. The van der Waals surface area contributed by atoms with Gasteiger partial charge in [0.05, 0.1) is 6.21 Å². The van der Waals surface area contributed by atoms with Crippen molar-refractivity contribution in [3.8, 4) is 0 Å². The molecule has 0 radical (unpaired) electrons. The lowest BCUT2D eigenvalue weighted by atomic mass is 10.1. The fraction of sp³-hybridized carbons (Fsp3) is 0.273. The molecule has 1 aromatic carbocycles. The highest BCUT2D eigenvalue weighted by atomic mass is 15.2. The van der Waals surface area contributed by atoms with Crippen LogP contribution in [0.15, 0.2) is 29.3 Å². The zero-order valence-corrected chi connectivity index (χ0v) is 7.94. The molecular formula is C11H13N2+. The molecule has 0 amide bonds. The zero-order chi connectivity index (χ0) is 9.26. The van der Waals surface area contributed by atoms with Crippen molar-refractivity contribution in [1.29, 1.82) is 0 Å². The lowest BCUT2D eigenvalue weighted by Crippen LogP contribution is -2.10. The van der Waals surface area contributed by atoms with Crippen molar-refractivity contribution in [1.82, 2.24) is 0 Å². The maximum atomic E-state index is 4.39. The minimum Gasteiger partial charge on any atom is -0.215 e. The summed E-state index contributed by atoms with van der Waals surface area (Å²) in [6, 6.07) is 8.37. The van der Waals surface area contributed by atoms with E-state index in [0.29, 0.717) is 0 Å². The highest BCUT2D eigenvalue weighted by molar-refractivity contribution is 6.14. The van der Waals surface area contributed by atoms with E-state index in [1.54, 1.807) is 0 Å². The first kappa shape index (κ1) is 8.17. The van der Waals surface area contributed by atoms with E-state index in [4.69, 9.17) is 0 Å². The molecule has 1 aliphatic rings. The van der Waals surface area contributed by atoms with Crippen molar-refractivity contribution in [2.24, 2.45) is 4.99 Å². The van der Waals surface area contributed by atoms with E-state index in [0.717, 1.165) is 0 Å². The quantitative estimate of drug-likeness (QED) is 0.575. The predicted molar refractivity (Wildman–Crippen MR) is 54.7 cm³/mol. The van der Waals surface area contributed by atoms with Gasteiger partial charge in [0, 0.05) is 5.56 Å². The number of aliphatic imine (C=N–C) groups is 1. The Hall–Kier alpha value is -1.44. The number of hydrogen-bond donors (Lipinski definition) is 0. The summed E-state index contributed by atoms with van der Waals surface area (Å²) in [5, 5.41) is 0. The van der Waals surface area contributed by atoms with Gasteiger partial charge in [-0.25, -0.2) is 9.57 Å². The summed E-state index contributed by atoms with van der Waals surface area (Å²) in [6.45, 7) is 2.12. The third-order valence-corrected chi connectivity index (χ3v) is 2.38. The Balaban J connectivity index is 2.42. The van der Waals surface area contributed by atoms with Crippen LogP contribution < -0.4 is 0 Å². The summed E-state index contributed by atoms with van der Waals surface area (Å²) < 4.78 is 2.11. The molecule has 0 aromatic heterocycles. The topological polar surface area (TPSA) is 15.4 Å². The molecule has 0 saturated heterocycles. The maximum absolute atomic E-state index is 4.39. The number of hydrogen-bond acceptors (Lipinski definition) is 1. The van der Waals surface area contributed by atoms with Gasteiger partial charge in [-0.05, 0) is 18.6 Å². The van der Waals surface area contributed by atoms with Gasteiger partial charge in [-0.2, -0.15) is 0 Å². The summed E-state index contributed by atoms with van der Waals surface area (Å²) in [5.74, 6) is 0. The van der Waals surface area contributed by atoms with Gasteiger partial charge in [-0.3, -0.25) is 0 Å². The van der Waals surface area contributed by atoms with Gasteiger partial charge < -0.3 is 0 Å². The maximum Gasteiger partial charge on any atom is 0.272 e. The molecule has 1 heterocycles. The molecule has 1 unspecified atom stereocenters. The Bertz CT molecular complexity index is 377. The predicted octanol–water partition coefficient (Wildman–Crippen LogP) is 1.79. The first-order valence-electron chi connectivity index (χ1n) is 4.43.